The van der Waals surface area contributed by atoms with Gasteiger partial charge in [0.25, 0.3) is 0 Å². The van der Waals surface area contributed by atoms with Gasteiger partial charge < -0.3 is 15.4 Å². The molecule has 0 spiro atoms. The molecule has 140 valence electrons. The molecule has 2 aliphatic heterocycles. The maximum atomic E-state index is 5.45. The van der Waals surface area contributed by atoms with Crippen LogP contribution in [-0.2, 0) is 4.74 Å². The lowest BCUT2D eigenvalue weighted by molar-refractivity contribution is 0.107. The van der Waals surface area contributed by atoms with Gasteiger partial charge >= 0.3 is 0 Å². The number of thioether (sulfide) groups is 1. The molecule has 5 nitrogen and oxygen atoms in total. The van der Waals surface area contributed by atoms with Gasteiger partial charge in [-0.1, -0.05) is 12.8 Å². The fourth-order valence-electron chi connectivity index (χ4n) is 4.13. The third-order valence-electron chi connectivity index (χ3n) is 5.61. The summed E-state index contributed by atoms with van der Waals surface area (Å²) in [6.45, 7) is 6.29. The zero-order valence-electron chi connectivity index (χ0n) is 14.9. The van der Waals surface area contributed by atoms with Crippen LogP contribution in [0, 0.1) is 5.92 Å². The SMILES string of the molecule is CN=C(NCC1CCOC1)NCC1(N2CCSCC2)CCCC1.I. The molecule has 0 bridgehead atoms. The minimum Gasteiger partial charge on any atom is -0.381 e. The van der Waals surface area contributed by atoms with E-state index in [-0.39, 0.29) is 24.0 Å². The molecule has 2 heterocycles. The zero-order chi connectivity index (χ0) is 16.0. The monoisotopic (exact) mass is 468 g/mol. The van der Waals surface area contributed by atoms with Crippen molar-refractivity contribution in [3.05, 3.63) is 0 Å². The molecule has 0 aromatic heterocycles. The van der Waals surface area contributed by atoms with Crippen molar-refractivity contribution in [3.63, 3.8) is 0 Å². The Labute approximate surface area is 168 Å². The zero-order valence-corrected chi connectivity index (χ0v) is 18.0. The summed E-state index contributed by atoms with van der Waals surface area (Å²) in [5, 5.41) is 7.11. The van der Waals surface area contributed by atoms with Crippen molar-refractivity contribution in [2.45, 2.75) is 37.6 Å². The molecule has 1 aliphatic carbocycles. The Kier molecular flexibility index (Phi) is 8.94. The number of aliphatic imine (C=N–C) groups is 1. The lowest BCUT2D eigenvalue weighted by atomic mass is 9.94. The van der Waals surface area contributed by atoms with Crippen LogP contribution in [0.1, 0.15) is 32.1 Å². The van der Waals surface area contributed by atoms with Crippen molar-refractivity contribution in [1.29, 1.82) is 0 Å². The van der Waals surface area contributed by atoms with Crippen LogP contribution in [0.5, 0.6) is 0 Å². The van der Waals surface area contributed by atoms with Crippen molar-refractivity contribution in [1.82, 2.24) is 15.5 Å². The minimum absolute atomic E-state index is 0. The standard InChI is InChI=1S/C17H32N4OS.HI/c1-18-16(19-12-15-4-9-22-13-15)20-14-17(5-2-3-6-17)21-7-10-23-11-8-21;/h15H,2-14H2,1H3,(H2,18,19,20);1H. The van der Waals surface area contributed by atoms with Crippen molar-refractivity contribution in [2.75, 3.05) is 57.9 Å². The van der Waals surface area contributed by atoms with E-state index in [9.17, 15) is 0 Å². The first kappa shape index (κ1) is 20.6. The summed E-state index contributed by atoms with van der Waals surface area (Å²) in [5.41, 5.74) is 0.356. The van der Waals surface area contributed by atoms with Gasteiger partial charge in [-0.05, 0) is 19.3 Å². The average molecular weight is 468 g/mol. The molecule has 1 saturated carbocycles. The fourth-order valence-corrected chi connectivity index (χ4v) is 5.03. The third-order valence-corrected chi connectivity index (χ3v) is 6.55. The van der Waals surface area contributed by atoms with Crippen molar-refractivity contribution in [3.8, 4) is 0 Å². The summed E-state index contributed by atoms with van der Waals surface area (Å²) < 4.78 is 5.45. The molecule has 2 saturated heterocycles. The first-order valence-corrected chi connectivity index (χ1v) is 10.3. The largest absolute Gasteiger partial charge is 0.381 e. The Hall–Kier alpha value is 0.270. The normalized spacial score (nSPS) is 27.7. The van der Waals surface area contributed by atoms with Crippen LogP contribution in [0.2, 0.25) is 0 Å². The van der Waals surface area contributed by atoms with Crippen LogP contribution in [-0.4, -0.2) is 74.3 Å². The number of guanidine groups is 1. The Balaban J connectivity index is 0.00000208. The molecule has 1 atom stereocenters. The van der Waals surface area contributed by atoms with E-state index >= 15 is 0 Å². The number of rotatable bonds is 5. The predicted molar refractivity (Wildman–Crippen MR) is 114 cm³/mol. The summed E-state index contributed by atoms with van der Waals surface area (Å²) in [4.78, 5) is 7.17. The van der Waals surface area contributed by atoms with Crippen LogP contribution < -0.4 is 10.6 Å². The van der Waals surface area contributed by atoms with E-state index in [0.717, 1.165) is 32.3 Å². The number of hydrogen-bond donors (Lipinski definition) is 2. The third kappa shape index (κ3) is 5.38. The predicted octanol–water partition coefficient (Wildman–Crippen LogP) is 2.17. The minimum atomic E-state index is 0. The van der Waals surface area contributed by atoms with Crippen molar-refractivity contribution >= 4 is 41.7 Å². The van der Waals surface area contributed by atoms with Crippen LogP contribution in [0.3, 0.4) is 0 Å². The Morgan fingerprint density at radius 3 is 2.62 bits per heavy atom. The lowest BCUT2D eigenvalue weighted by Crippen LogP contribution is -2.57. The van der Waals surface area contributed by atoms with E-state index in [1.807, 2.05) is 7.05 Å². The van der Waals surface area contributed by atoms with Gasteiger partial charge in [0.05, 0.1) is 6.61 Å². The topological polar surface area (TPSA) is 48.9 Å². The summed E-state index contributed by atoms with van der Waals surface area (Å²) in [5.74, 6) is 4.16. The van der Waals surface area contributed by atoms with E-state index in [2.05, 4.69) is 32.3 Å². The van der Waals surface area contributed by atoms with Gasteiger partial charge in [0.15, 0.2) is 5.96 Å². The Bertz CT molecular complexity index is 392. The summed E-state index contributed by atoms with van der Waals surface area (Å²) in [6, 6.07) is 0. The second-order valence-corrected chi connectivity index (χ2v) is 8.29. The summed E-state index contributed by atoms with van der Waals surface area (Å²) >= 11 is 2.10. The highest BCUT2D eigenvalue weighted by Gasteiger charge is 2.39. The van der Waals surface area contributed by atoms with Crippen LogP contribution >= 0.6 is 35.7 Å². The van der Waals surface area contributed by atoms with Crippen molar-refractivity contribution in [2.24, 2.45) is 10.9 Å². The Morgan fingerprint density at radius 1 is 1.25 bits per heavy atom. The molecular formula is C17H33IN4OS. The van der Waals surface area contributed by atoms with Gasteiger partial charge in [-0.25, -0.2) is 0 Å². The fraction of sp³-hybridized carbons (Fsp3) is 0.941. The van der Waals surface area contributed by atoms with E-state index in [1.54, 1.807) is 0 Å². The van der Waals surface area contributed by atoms with E-state index in [4.69, 9.17) is 4.74 Å². The highest BCUT2D eigenvalue weighted by molar-refractivity contribution is 14.0. The molecule has 0 radical (unpaired) electrons. The molecule has 3 fully saturated rings. The van der Waals surface area contributed by atoms with Gasteiger partial charge in [0, 0.05) is 62.8 Å². The quantitative estimate of drug-likeness (QED) is 0.368. The average Bonchev–Trinajstić information content (AvgIpc) is 3.28. The molecule has 1 unspecified atom stereocenters. The highest BCUT2D eigenvalue weighted by Crippen LogP contribution is 2.36. The van der Waals surface area contributed by atoms with Gasteiger partial charge in [0.1, 0.15) is 0 Å². The van der Waals surface area contributed by atoms with E-state index < -0.39 is 0 Å². The number of nitrogens with zero attached hydrogens (tertiary/aromatic N) is 2. The molecule has 24 heavy (non-hydrogen) atoms. The molecule has 0 aromatic rings. The van der Waals surface area contributed by atoms with E-state index in [1.165, 1.54) is 56.7 Å². The second-order valence-electron chi connectivity index (χ2n) is 7.07. The molecule has 2 N–H and O–H groups in total. The van der Waals surface area contributed by atoms with Gasteiger partial charge in [-0.15, -0.1) is 24.0 Å². The summed E-state index contributed by atoms with van der Waals surface area (Å²) in [7, 11) is 1.87. The molecule has 0 amide bonds. The molecule has 3 aliphatic rings. The lowest BCUT2D eigenvalue weighted by Gasteiger charge is -2.43. The first-order chi connectivity index (χ1) is 11.3. The number of nitrogens with one attached hydrogen (secondary N) is 2. The number of hydrogen-bond acceptors (Lipinski definition) is 4. The number of ether oxygens (including phenoxy) is 1. The molecule has 7 heteroatoms. The van der Waals surface area contributed by atoms with Crippen LogP contribution in [0.25, 0.3) is 0 Å². The molecule has 0 aromatic carbocycles. The van der Waals surface area contributed by atoms with Gasteiger partial charge in [-0.2, -0.15) is 11.8 Å². The molecule has 3 rings (SSSR count). The maximum absolute atomic E-state index is 5.45. The maximum Gasteiger partial charge on any atom is 0.191 e. The summed E-state index contributed by atoms with van der Waals surface area (Å²) in [6.07, 6.45) is 6.57. The van der Waals surface area contributed by atoms with Crippen molar-refractivity contribution < 1.29 is 4.74 Å². The highest BCUT2D eigenvalue weighted by atomic mass is 127. The van der Waals surface area contributed by atoms with E-state index in [0.29, 0.717) is 11.5 Å². The second kappa shape index (κ2) is 10.4. The van der Waals surface area contributed by atoms with Gasteiger partial charge in [-0.3, -0.25) is 9.89 Å². The van der Waals surface area contributed by atoms with Crippen LogP contribution in [0.4, 0.5) is 0 Å². The smallest absolute Gasteiger partial charge is 0.191 e. The first-order valence-electron chi connectivity index (χ1n) is 9.17. The Morgan fingerprint density at radius 2 is 2.00 bits per heavy atom. The van der Waals surface area contributed by atoms with Crippen LogP contribution in [0.15, 0.2) is 4.99 Å². The number of halogens is 1. The van der Waals surface area contributed by atoms with Gasteiger partial charge in [0.2, 0.25) is 0 Å². The molecular weight excluding hydrogens is 435 g/mol.